The van der Waals surface area contributed by atoms with Gasteiger partial charge in [-0.05, 0) is 0 Å². The lowest BCUT2D eigenvalue weighted by Gasteiger charge is -2.01. The Morgan fingerprint density at radius 3 is 2.87 bits per heavy atom. The molecule has 1 heterocycles. The molecule has 0 spiro atoms. The van der Waals surface area contributed by atoms with Gasteiger partial charge in [-0.1, -0.05) is 11.6 Å². The van der Waals surface area contributed by atoms with E-state index in [0.29, 0.717) is 0 Å². The number of nitrogens with zero attached hydrogens (tertiary/aromatic N) is 2. The maximum Gasteiger partial charge on any atom is 0.356 e. The zero-order valence-electron chi connectivity index (χ0n) is 7.08. The van der Waals surface area contributed by atoms with Crippen molar-refractivity contribution < 1.29 is 22.8 Å². The van der Waals surface area contributed by atoms with Gasteiger partial charge in [0, 0.05) is 0 Å². The number of aromatic carboxylic acids is 1. The summed E-state index contributed by atoms with van der Waals surface area (Å²) in [7, 11) is 0. The van der Waals surface area contributed by atoms with E-state index in [2.05, 4.69) is 14.2 Å². The SMILES string of the molecule is O=C(O)c1nc(COS(=O)O)ncc1Cl. The van der Waals surface area contributed by atoms with Crippen LogP contribution in [0.2, 0.25) is 5.02 Å². The molecule has 1 unspecified atom stereocenters. The fourth-order valence-corrected chi connectivity index (χ4v) is 1.10. The van der Waals surface area contributed by atoms with E-state index in [1.54, 1.807) is 0 Å². The van der Waals surface area contributed by atoms with Crippen molar-refractivity contribution in [2.45, 2.75) is 6.61 Å². The van der Waals surface area contributed by atoms with Crippen molar-refractivity contribution in [3.8, 4) is 0 Å². The summed E-state index contributed by atoms with van der Waals surface area (Å²) < 4.78 is 22.7. The van der Waals surface area contributed by atoms with Crippen molar-refractivity contribution >= 4 is 28.9 Å². The third-order valence-corrected chi connectivity index (χ3v) is 1.88. The first-order valence-corrected chi connectivity index (χ1v) is 4.90. The fourth-order valence-electron chi connectivity index (χ4n) is 0.726. The monoisotopic (exact) mass is 252 g/mol. The van der Waals surface area contributed by atoms with E-state index in [1.807, 2.05) is 0 Å². The molecule has 1 atom stereocenters. The highest BCUT2D eigenvalue weighted by atomic mass is 35.5. The van der Waals surface area contributed by atoms with Crippen LogP contribution >= 0.6 is 11.6 Å². The lowest BCUT2D eigenvalue weighted by atomic mass is 10.4. The predicted octanol–water partition coefficient (Wildman–Crippen LogP) is 0.481. The highest BCUT2D eigenvalue weighted by Crippen LogP contribution is 2.12. The number of hydrogen-bond acceptors (Lipinski definition) is 5. The Morgan fingerprint density at radius 1 is 1.67 bits per heavy atom. The lowest BCUT2D eigenvalue weighted by molar-refractivity contribution is 0.0690. The third-order valence-electron chi connectivity index (χ3n) is 1.29. The van der Waals surface area contributed by atoms with Gasteiger partial charge in [0.2, 0.25) is 0 Å². The Kier molecular flexibility index (Phi) is 4.09. The average Bonchev–Trinajstić information content (AvgIpc) is 2.16. The Bertz CT molecular complexity index is 413. The van der Waals surface area contributed by atoms with E-state index in [1.165, 1.54) is 0 Å². The first kappa shape index (κ1) is 12.0. The van der Waals surface area contributed by atoms with Gasteiger partial charge in [-0.25, -0.2) is 14.8 Å². The van der Waals surface area contributed by atoms with Crippen LogP contribution in [-0.4, -0.2) is 29.8 Å². The molecule has 0 aliphatic heterocycles. The van der Waals surface area contributed by atoms with Crippen molar-refractivity contribution in [2.75, 3.05) is 0 Å². The van der Waals surface area contributed by atoms with E-state index < -0.39 is 17.3 Å². The van der Waals surface area contributed by atoms with E-state index in [4.69, 9.17) is 21.3 Å². The predicted molar refractivity (Wildman–Crippen MR) is 49.6 cm³/mol. The fraction of sp³-hybridized carbons (Fsp3) is 0.167. The van der Waals surface area contributed by atoms with Crippen LogP contribution in [0, 0.1) is 0 Å². The molecular formula is C6H5ClN2O5S. The molecular weight excluding hydrogens is 248 g/mol. The largest absolute Gasteiger partial charge is 0.476 e. The molecule has 0 amide bonds. The molecule has 0 radical (unpaired) electrons. The summed E-state index contributed by atoms with van der Waals surface area (Å²) >= 11 is 3.05. The zero-order valence-corrected chi connectivity index (χ0v) is 8.66. The van der Waals surface area contributed by atoms with Crippen LogP contribution in [0.15, 0.2) is 6.20 Å². The Balaban J connectivity index is 2.87. The van der Waals surface area contributed by atoms with Gasteiger partial charge in [-0.3, -0.25) is 8.74 Å². The van der Waals surface area contributed by atoms with Crippen LogP contribution in [0.5, 0.6) is 0 Å². The van der Waals surface area contributed by atoms with Gasteiger partial charge < -0.3 is 5.11 Å². The molecule has 0 bridgehead atoms. The molecule has 0 aliphatic rings. The Hall–Kier alpha value is -1.09. The first-order valence-electron chi connectivity index (χ1n) is 3.49. The summed E-state index contributed by atoms with van der Waals surface area (Å²) in [6, 6.07) is 0. The minimum absolute atomic E-state index is 0.0424. The van der Waals surface area contributed by atoms with Crippen LogP contribution in [0.25, 0.3) is 0 Å². The second-order valence-electron chi connectivity index (χ2n) is 2.27. The van der Waals surface area contributed by atoms with Gasteiger partial charge >= 0.3 is 17.3 Å². The smallest absolute Gasteiger partial charge is 0.356 e. The van der Waals surface area contributed by atoms with Gasteiger partial charge in [-0.15, -0.1) is 0 Å². The van der Waals surface area contributed by atoms with Crippen LogP contribution in [-0.2, 0) is 22.2 Å². The van der Waals surface area contributed by atoms with Gasteiger partial charge in [0.05, 0.1) is 11.2 Å². The topological polar surface area (TPSA) is 110 Å². The van der Waals surface area contributed by atoms with Crippen molar-refractivity contribution in [1.29, 1.82) is 0 Å². The molecule has 1 rings (SSSR count). The maximum absolute atomic E-state index is 10.6. The van der Waals surface area contributed by atoms with Gasteiger partial charge in [0.25, 0.3) is 0 Å². The molecule has 0 saturated heterocycles. The number of hydrogen-bond donors (Lipinski definition) is 2. The maximum atomic E-state index is 10.6. The summed E-state index contributed by atoms with van der Waals surface area (Å²) in [5.74, 6) is -1.35. The van der Waals surface area contributed by atoms with Crippen molar-refractivity contribution in [3.05, 3.63) is 22.7 Å². The standard InChI is InChI=1S/C6H5ClN2O5S/c7-3-1-8-4(2-14-15(12)13)9-5(3)6(10)11/h1H,2H2,(H,10,11)(H,12,13). The van der Waals surface area contributed by atoms with Gasteiger partial charge in [-0.2, -0.15) is 4.21 Å². The summed E-state index contributed by atoms with van der Waals surface area (Å²) in [6.45, 7) is -0.374. The van der Waals surface area contributed by atoms with E-state index >= 15 is 0 Å². The molecule has 7 nitrogen and oxygen atoms in total. The van der Waals surface area contributed by atoms with Crippen LogP contribution in [0.1, 0.15) is 16.3 Å². The van der Waals surface area contributed by atoms with E-state index in [9.17, 15) is 9.00 Å². The number of aromatic nitrogens is 2. The number of rotatable bonds is 4. The Labute approximate surface area is 91.6 Å². The third kappa shape index (κ3) is 3.51. The molecule has 9 heteroatoms. The second kappa shape index (κ2) is 5.12. The normalized spacial score (nSPS) is 12.4. The minimum atomic E-state index is -2.45. The number of carboxylic acids is 1. The summed E-state index contributed by atoms with van der Waals surface area (Å²) in [6.07, 6.45) is 1.08. The van der Waals surface area contributed by atoms with Crippen molar-refractivity contribution in [3.63, 3.8) is 0 Å². The van der Waals surface area contributed by atoms with E-state index in [0.717, 1.165) is 6.20 Å². The summed E-state index contributed by atoms with van der Waals surface area (Å²) in [5, 5.41) is 8.53. The molecule has 0 aliphatic carbocycles. The molecule has 0 aromatic carbocycles. The van der Waals surface area contributed by atoms with Crippen LogP contribution in [0.4, 0.5) is 0 Å². The summed E-state index contributed by atoms with van der Waals surface area (Å²) in [5.41, 5.74) is -0.381. The minimum Gasteiger partial charge on any atom is -0.476 e. The van der Waals surface area contributed by atoms with Crippen LogP contribution < -0.4 is 0 Å². The summed E-state index contributed by atoms with van der Waals surface area (Å²) in [4.78, 5) is 17.7. The molecule has 0 saturated carbocycles. The number of halogens is 1. The molecule has 82 valence electrons. The van der Waals surface area contributed by atoms with Crippen molar-refractivity contribution in [2.24, 2.45) is 0 Å². The highest BCUT2D eigenvalue weighted by Gasteiger charge is 2.12. The van der Waals surface area contributed by atoms with Crippen molar-refractivity contribution in [1.82, 2.24) is 9.97 Å². The number of carboxylic acid groups (broad SMARTS) is 1. The Morgan fingerprint density at radius 2 is 2.33 bits per heavy atom. The lowest BCUT2D eigenvalue weighted by Crippen LogP contribution is -2.07. The zero-order chi connectivity index (χ0) is 11.4. The number of carbonyl (C=O) groups is 1. The second-order valence-corrected chi connectivity index (χ2v) is 3.34. The quantitative estimate of drug-likeness (QED) is 0.750. The van der Waals surface area contributed by atoms with E-state index in [-0.39, 0.29) is 23.1 Å². The highest BCUT2D eigenvalue weighted by molar-refractivity contribution is 7.74. The average molecular weight is 253 g/mol. The van der Waals surface area contributed by atoms with Gasteiger partial charge in [0.1, 0.15) is 6.61 Å². The van der Waals surface area contributed by atoms with Gasteiger partial charge in [0.15, 0.2) is 11.5 Å². The molecule has 2 N–H and O–H groups in total. The molecule has 1 aromatic rings. The molecule has 0 fully saturated rings. The molecule has 1 aromatic heterocycles. The first-order chi connectivity index (χ1) is 7.00. The van der Waals surface area contributed by atoms with Crippen LogP contribution in [0.3, 0.4) is 0 Å². The molecule has 15 heavy (non-hydrogen) atoms.